The molecule has 3 N–H and O–H groups in total. The Morgan fingerprint density at radius 1 is 1.37 bits per heavy atom. The number of aliphatic carboxylic acids is 2. The molecule has 2 unspecified atom stereocenters. The number of hydrogen-bond acceptors (Lipinski definition) is 5. The van der Waals surface area contributed by atoms with Gasteiger partial charge in [-0.15, -0.1) is 0 Å². The number of rotatable bonds is 6. The molecule has 0 radical (unpaired) electrons. The topological polar surface area (TPSA) is 132 Å². The van der Waals surface area contributed by atoms with Crippen molar-refractivity contribution in [2.24, 2.45) is 0 Å². The lowest BCUT2D eigenvalue weighted by Gasteiger charge is -2.24. The lowest BCUT2D eigenvalue weighted by molar-refractivity contribution is -0.160. The molecule has 19 heavy (non-hydrogen) atoms. The third kappa shape index (κ3) is 2.90. The van der Waals surface area contributed by atoms with E-state index < -0.39 is 48.2 Å². The maximum absolute atomic E-state index is 11.9. The van der Waals surface area contributed by atoms with Gasteiger partial charge in [0, 0.05) is 0 Å². The van der Waals surface area contributed by atoms with Crippen LogP contribution in [0.4, 0.5) is 0 Å². The van der Waals surface area contributed by atoms with E-state index in [9.17, 15) is 24.3 Å². The maximum atomic E-state index is 11.9. The van der Waals surface area contributed by atoms with Gasteiger partial charge >= 0.3 is 11.9 Å². The standard InChI is InChI=1S/C11H15NO7/c1-2-3-6(9(16)17)12-7(13)4-11(19,10(12)18)5-8(14)15/h6,19H,2-5H2,1H3,(H,14,15)(H,16,17). The highest BCUT2D eigenvalue weighted by Crippen LogP contribution is 2.30. The molecular weight excluding hydrogens is 258 g/mol. The van der Waals surface area contributed by atoms with E-state index in [0.717, 1.165) is 0 Å². The Kier molecular flexibility index (Phi) is 4.25. The summed E-state index contributed by atoms with van der Waals surface area (Å²) >= 11 is 0. The van der Waals surface area contributed by atoms with Crippen LogP contribution in [0.1, 0.15) is 32.6 Å². The third-order valence-electron chi connectivity index (χ3n) is 2.93. The molecule has 0 saturated carbocycles. The predicted molar refractivity (Wildman–Crippen MR) is 60.0 cm³/mol. The molecule has 1 aliphatic heterocycles. The average molecular weight is 273 g/mol. The molecule has 1 heterocycles. The molecule has 0 aromatic rings. The van der Waals surface area contributed by atoms with Gasteiger partial charge in [-0.1, -0.05) is 13.3 Å². The van der Waals surface area contributed by atoms with Crippen molar-refractivity contribution in [3.8, 4) is 0 Å². The number of carboxylic acid groups (broad SMARTS) is 2. The summed E-state index contributed by atoms with van der Waals surface area (Å²) < 4.78 is 0. The zero-order chi connectivity index (χ0) is 14.8. The third-order valence-corrected chi connectivity index (χ3v) is 2.93. The van der Waals surface area contributed by atoms with Gasteiger partial charge in [0.05, 0.1) is 12.8 Å². The molecule has 1 aliphatic rings. The van der Waals surface area contributed by atoms with Crippen LogP contribution >= 0.6 is 0 Å². The molecule has 0 bridgehead atoms. The summed E-state index contributed by atoms with van der Waals surface area (Å²) in [6.45, 7) is 1.68. The Morgan fingerprint density at radius 2 is 1.95 bits per heavy atom. The minimum Gasteiger partial charge on any atom is -0.481 e. The van der Waals surface area contributed by atoms with Crippen LogP contribution in [-0.4, -0.2) is 55.6 Å². The van der Waals surface area contributed by atoms with Crippen molar-refractivity contribution in [2.45, 2.75) is 44.2 Å². The molecule has 106 valence electrons. The minimum atomic E-state index is -2.34. The summed E-state index contributed by atoms with van der Waals surface area (Å²) in [5, 5.41) is 27.5. The lowest BCUT2D eigenvalue weighted by Crippen LogP contribution is -2.49. The Bertz CT molecular complexity index is 433. The monoisotopic (exact) mass is 273 g/mol. The zero-order valence-electron chi connectivity index (χ0n) is 10.3. The maximum Gasteiger partial charge on any atom is 0.326 e. The number of carbonyl (C=O) groups excluding carboxylic acids is 2. The summed E-state index contributed by atoms with van der Waals surface area (Å²) in [5.74, 6) is -4.81. The van der Waals surface area contributed by atoms with Crippen molar-refractivity contribution >= 4 is 23.8 Å². The van der Waals surface area contributed by atoms with Crippen molar-refractivity contribution < 1.29 is 34.5 Å². The quantitative estimate of drug-likeness (QED) is 0.540. The molecule has 8 nitrogen and oxygen atoms in total. The molecular formula is C11H15NO7. The van der Waals surface area contributed by atoms with Crippen molar-refractivity contribution in [1.82, 2.24) is 4.90 Å². The zero-order valence-corrected chi connectivity index (χ0v) is 10.3. The van der Waals surface area contributed by atoms with Gasteiger partial charge in [0.2, 0.25) is 5.91 Å². The van der Waals surface area contributed by atoms with E-state index in [4.69, 9.17) is 10.2 Å². The average Bonchev–Trinajstić information content (AvgIpc) is 2.46. The highest BCUT2D eigenvalue weighted by atomic mass is 16.4. The van der Waals surface area contributed by atoms with E-state index in [0.29, 0.717) is 11.3 Å². The van der Waals surface area contributed by atoms with Crippen molar-refractivity contribution in [3.63, 3.8) is 0 Å². The first kappa shape index (κ1) is 15.1. The number of hydrogen-bond donors (Lipinski definition) is 3. The number of aliphatic hydroxyl groups is 1. The Hall–Kier alpha value is -1.96. The molecule has 2 atom stereocenters. The molecule has 1 rings (SSSR count). The van der Waals surface area contributed by atoms with Crippen LogP contribution in [0.2, 0.25) is 0 Å². The number of carboxylic acids is 2. The van der Waals surface area contributed by atoms with Crippen LogP contribution in [0.15, 0.2) is 0 Å². The fraction of sp³-hybridized carbons (Fsp3) is 0.636. The van der Waals surface area contributed by atoms with Crippen LogP contribution in [-0.2, 0) is 19.2 Å². The van der Waals surface area contributed by atoms with E-state index in [1.807, 2.05) is 0 Å². The minimum absolute atomic E-state index is 0.0516. The summed E-state index contributed by atoms with van der Waals surface area (Å²) in [7, 11) is 0. The van der Waals surface area contributed by atoms with Crippen molar-refractivity contribution in [1.29, 1.82) is 0 Å². The summed E-state index contributed by atoms with van der Waals surface area (Å²) in [5.41, 5.74) is -2.34. The summed E-state index contributed by atoms with van der Waals surface area (Å²) in [4.78, 5) is 45.7. The molecule has 2 amide bonds. The van der Waals surface area contributed by atoms with Gasteiger partial charge in [0.15, 0.2) is 5.60 Å². The van der Waals surface area contributed by atoms with Gasteiger partial charge < -0.3 is 15.3 Å². The number of amides is 2. The normalized spacial score (nSPS) is 24.6. The summed E-state index contributed by atoms with van der Waals surface area (Å²) in [6, 6.07) is -1.37. The first-order valence-corrected chi connectivity index (χ1v) is 5.76. The van der Waals surface area contributed by atoms with Gasteiger partial charge in [-0.05, 0) is 6.42 Å². The number of nitrogens with zero attached hydrogens (tertiary/aromatic N) is 1. The van der Waals surface area contributed by atoms with E-state index in [-0.39, 0.29) is 6.42 Å². The van der Waals surface area contributed by atoms with E-state index in [1.165, 1.54) is 0 Å². The highest BCUT2D eigenvalue weighted by Gasteiger charge is 2.54. The Morgan fingerprint density at radius 3 is 2.37 bits per heavy atom. The Labute approximate surface area is 108 Å². The van der Waals surface area contributed by atoms with Crippen LogP contribution in [0.3, 0.4) is 0 Å². The molecule has 0 aliphatic carbocycles. The van der Waals surface area contributed by atoms with Crippen LogP contribution < -0.4 is 0 Å². The second kappa shape index (κ2) is 5.35. The van der Waals surface area contributed by atoms with Gasteiger partial charge in [-0.3, -0.25) is 19.3 Å². The van der Waals surface area contributed by atoms with E-state index >= 15 is 0 Å². The number of imide groups is 1. The first-order valence-electron chi connectivity index (χ1n) is 5.76. The van der Waals surface area contributed by atoms with Crippen LogP contribution in [0, 0.1) is 0 Å². The molecule has 0 spiro atoms. The highest BCUT2D eigenvalue weighted by molar-refractivity contribution is 6.10. The second-order valence-corrected chi connectivity index (χ2v) is 4.49. The Balaban J connectivity index is 3.03. The summed E-state index contributed by atoms with van der Waals surface area (Å²) in [6.07, 6.45) is -1.15. The van der Waals surface area contributed by atoms with E-state index in [2.05, 4.69) is 0 Å². The largest absolute Gasteiger partial charge is 0.481 e. The second-order valence-electron chi connectivity index (χ2n) is 4.49. The van der Waals surface area contributed by atoms with Crippen molar-refractivity contribution in [3.05, 3.63) is 0 Å². The fourth-order valence-electron chi connectivity index (χ4n) is 2.09. The van der Waals surface area contributed by atoms with Crippen LogP contribution in [0.5, 0.6) is 0 Å². The predicted octanol–water partition coefficient (Wildman–Crippen LogP) is -0.796. The number of carbonyl (C=O) groups is 4. The van der Waals surface area contributed by atoms with Crippen molar-refractivity contribution in [2.75, 3.05) is 0 Å². The van der Waals surface area contributed by atoms with Gasteiger partial charge in [0.1, 0.15) is 6.04 Å². The lowest BCUT2D eigenvalue weighted by atomic mass is 9.98. The smallest absolute Gasteiger partial charge is 0.326 e. The molecule has 0 aromatic carbocycles. The molecule has 8 heteroatoms. The van der Waals surface area contributed by atoms with Gasteiger partial charge in [0.25, 0.3) is 5.91 Å². The molecule has 0 aromatic heterocycles. The molecule has 1 fully saturated rings. The van der Waals surface area contributed by atoms with Gasteiger partial charge in [-0.2, -0.15) is 0 Å². The SMILES string of the molecule is CCCC(C(=O)O)N1C(=O)CC(O)(CC(=O)O)C1=O. The van der Waals surface area contributed by atoms with Crippen LogP contribution in [0.25, 0.3) is 0 Å². The molecule has 1 saturated heterocycles. The number of likely N-dealkylation sites (tertiary alicyclic amines) is 1. The van der Waals surface area contributed by atoms with E-state index in [1.54, 1.807) is 6.92 Å². The van der Waals surface area contributed by atoms with Gasteiger partial charge in [-0.25, -0.2) is 4.79 Å². The fourth-order valence-corrected chi connectivity index (χ4v) is 2.09. The first-order chi connectivity index (χ1) is 8.73.